The van der Waals surface area contributed by atoms with Crippen LogP contribution in [0.3, 0.4) is 0 Å². The monoisotopic (exact) mass is 241 g/mol. The van der Waals surface area contributed by atoms with Crippen molar-refractivity contribution in [3.63, 3.8) is 0 Å². The quantitative estimate of drug-likeness (QED) is 0.855. The number of benzene rings is 1. The van der Waals surface area contributed by atoms with Crippen LogP contribution in [0.15, 0.2) is 18.2 Å². The lowest BCUT2D eigenvalue weighted by atomic mass is 10.0. The third-order valence-corrected chi connectivity index (χ3v) is 1.82. The summed E-state index contributed by atoms with van der Waals surface area (Å²) in [6.45, 7) is 0. The van der Waals surface area contributed by atoms with Gasteiger partial charge in [-0.3, -0.25) is 0 Å². The molecule has 0 bridgehead atoms. The predicted molar refractivity (Wildman–Crippen MR) is 52.9 cm³/mol. The molecule has 0 aliphatic carbocycles. The van der Waals surface area contributed by atoms with Crippen LogP contribution in [0.25, 0.3) is 0 Å². The second-order valence-electron chi connectivity index (χ2n) is 2.94. The van der Waals surface area contributed by atoms with Crippen molar-refractivity contribution in [3.05, 3.63) is 29.6 Å². The molecule has 0 saturated carbocycles. The van der Waals surface area contributed by atoms with E-state index in [1.165, 1.54) is 12.1 Å². The summed E-state index contributed by atoms with van der Waals surface area (Å²) in [5.74, 6) is -1.02. The first-order valence-electron chi connectivity index (χ1n) is 4.03. The van der Waals surface area contributed by atoms with Crippen LogP contribution in [0.4, 0.5) is 13.2 Å². The standard InChI is InChI=1S/C9H10F3NO.ClH/c10-7-3-5(14)1-2-6(7)8(13)4-9(11)12;/h1-3,8-9,14H,4,13H2;1H/t8-;/m0./s1. The molecule has 15 heavy (non-hydrogen) atoms. The van der Waals surface area contributed by atoms with E-state index in [0.29, 0.717) is 0 Å². The van der Waals surface area contributed by atoms with Gasteiger partial charge in [0.2, 0.25) is 6.43 Å². The summed E-state index contributed by atoms with van der Waals surface area (Å²) in [5.41, 5.74) is 5.33. The number of alkyl halides is 2. The number of hydrogen-bond donors (Lipinski definition) is 2. The molecule has 0 aromatic heterocycles. The fourth-order valence-electron chi connectivity index (χ4n) is 1.14. The Bertz CT molecular complexity index is 322. The number of halogens is 4. The van der Waals surface area contributed by atoms with E-state index in [1.807, 2.05) is 0 Å². The Morgan fingerprint density at radius 1 is 1.33 bits per heavy atom. The maximum atomic E-state index is 13.1. The van der Waals surface area contributed by atoms with Gasteiger partial charge in [0.15, 0.2) is 0 Å². The van der Waals surface area contributed by atoms with Crippen LogP contribution in [0, 0.1) is 5.82 Å². The van der Waals surface area contributed by atoms with Crippen molar-refractivity contribution in [2.45, 2.75) is 18.9 Å². The third-order valence-electron chi connectivity index (χ3n) is 1.82. The van der Waals surface area contributed by atoms with Crippen LogP contribution in [0.5, 0.6) is 5.75 Å². The molecule has 0 saturated heterocycles. The van der Waals surface area contributed by atoms with E-state index < -0.39 is 24.7 Å². The molecule has 0 fully saturated rings. The lowest BCUT2D eigenvalue weighted by Gasteiger charge is -2.12. The second-order valence-corrected chi connectivity index (χ2v) is 2.94. The molecule has 1 aromatic carbocycles. The minimum atomic E-state index is -2.57. The van der Waals surface area contributed by atoms with Gasteiger partial charge in [0, 0.05) is 24.1 Å². The normalized spacial score (nSPS) is 12.3. The van der Waals surface area contributed by atoms with Gasteiger partial charge in [-0.1, -0.05) is 6.07 Å². The Morgan fingerprint density at radius 3 is 2.40 bits per heavy atom. The first-order chi connectivity index (χ1) is 6.50. The molecule has 1 aromatic rings. The van der Waals surface area contributed by atoms with Gasteiger partial charge in [0.1, 0.15) is 11.6 Å². The average molecular weight is 242 g/mol. The Hall–Kier alpha value is -0.940. The maximum absolute atomic E-state index is 13.1. The van der Waals surface area contributed by atoms with Gasteiger partial charge in [-0.05, 0) is 6.07 Å². The van der Waals surface area contributed by atoms with E-state index in [9.17, 15) is 13.2 Å². The van der Waals surface area contributed by atoms with Gasteiger partial charge in [0.25, 0.3) is 0 Å². The highest BCUT2D eigenvalue weighted by molar-refractivity contribution is 5.85. The highest BCUT2D eigenvalue weighted by Crippen LogP contribution is 2.23. The molecule has 2 nitrogen and oxygen atoms in total. The number of aromatic hydroxyl groups is 1. The van der Waals surface area contributed by atoms with Crippen LogP contribution in [0.1, 0.15) is 18.0 Å². The van der Waals surface area contributed by atoms with Crippen molar-refractivity contribution in [1.29, 1.82) is 0 Å². The fourth-order valence-corrected chi connectivity index (χ4v) is 1.14. The highest BCUT2D eigenvalue weighted by Gasteiger charge is 2.16. The minimum absolute atomic E-state index is 0. The van der Waals surface area contributed by atoms with Crippen molar-refractivity contribution >= 4 is 12.4 Å². The molecule has 1 rings (SSSR count). The van der Waals surface area contributed by atoms with Crippen molar-refractivity contribution in [2.24, 2.45) is 5.73 Å². The predicted octanol–water partition coefficient (Wildman–Crippen LogP) is 2.61. The summed E-state index contributed by atoms with van der Waals surface area (Å²) in [6, 6.07) is 2.22. The summed E-state index contributed by atoms with van der Waals surface area (Å²) < 4.78 is 36.9. The third kappa shape index (κ3) is 3.97. The molecule has 3 N–H and O–H groups in total. The van der Waals surface area contributed by atoms with Crippen LogP contribution in [0.2, 0.25) is 0 Å². The number of hydrogen-bond acceptors (Lipinski definition) is 2. The lowest BCUT2D eigenvalue weighted by molar-refractivity contribution is 0.128. The number of rotatable bonds is 3. The Balaban J connectivity index is 0.00000196. The van der Waals surface area contributed by atoms with Gasteiger partial charge >= 0.3 is 0 Å². The zero-order chi connectivity index (χ0) is 10.7. The molecule has 1 atom stereocenters. The molecule has 86 valence electrons. The molecule has 0 aliphatic heterocycles. The molecular weight excluding hydrogens is 231 g/mol. The van der Waals surface area contributed by atoms with Crippen LogP contribution in [-0.4, -0.2) is 11.5 Å². The van der Waals surface area contributed by atoms with E-state index in [-0.39, 0.29) is 23.7 Å². The number of nitrogens with two attached hydrogens (primary N) is 1. The Kier molecular flexibility index (Phi) is 5.46. The molecule has 0 aliphatic rings. The number of phenolic OH excluding ortho intramolecular Hbond substituents is 1. The zero-order valence-corrected chi connectivity index (χ0v) is 8.48. The molecule has 0 unspecified atom stereocenters. The average Bonchev–Trinajstić information content (AvgIpc) is 2.01. The summed E-state index contributed by atoms with van der Waals surface area (Å²) in [5, 5.41) is 8.87. The van der Waals surface area contributed by atoms with Crippen molar-refractivity contribution in [2.75, 3.05) is 0 Å². The van der Waals surface area contributed by atoms with Gasteiger partial charge in [-0.15, -0.1) is 12.4 Å². The molecule has 0 heterocycles. The summed E-state index contributed by atoms with van der Waals surface area (Å²) in [6.07, 6.45) is -3.17. The van der Waals surface area contributed by atoms with Gasteiger partial charge in [-0.2, -0.15) is 0 Å². The molecule has 0 radical (unpaired) electrons. The first-order valence-corrected chi connectivity index (χ1v) is 4.03. The summed E-state index contributed by atoms with van der Waals surface area (Å²) in [7, 11) is 0. The second kappa shape index (κ2) is 5.82. The molecular formula is C9H11ClF3NO. The van der Waals surface area contributed by atoms with Gasteiger partial charge in [0.05, 0.1) is 0 Å². The fraction of sp³-hybridized carbons (Fsp3) is 0.333. The van der Waals surface area contributed by atoms with Gasteiger partial charge in [-0.25, -0.2) is 13.2 Å². The van der Waals surface area contributed by atoms with E-state index in [1.54, 1.807) is 0 Å². The Labute approximate surface area is 91.3 Å². The topological polar surface area (TPSA) is 46.2 Å². The van der Waals surface area contributed by atoms with Crippen LogP contribution < -0.4 is 5.73 Å². The Morgan fingerprint density at radius 2 is 1.93 bits per heavy atom. The van der Waals surface area contributed by atoms with Crippen molar-refractivity contribution in [1.82, 2.24) is 0 Å². The smallest absolute Gasteiger partial charge is 0.240 e. The highest BCUT2D eigenvalue weighted by atomic mass is 35.5. The van der Waals surface area contributed by atoms with Gasteiger partial charge < -0.3 is 10.8 Å². The zero-order valence-electron chi connectivity index (χ0n) is 7.66. The summed E-state index contributed by atoms with van der Waals surface area (Å²) in [4.78, 5) is 0. The molecule has 6 heteroatoms. The van der Waals surface area contributed by atoms with Crippen LogP contribution in [-0.2, 0) is 0 Å². The van der Waals surface area contributed by atoms with E-state index in [4.69, 9.17) is 10.8 Å². The van der Waals surface area contributed by atoms with Crippen molar-refractivity contribution < 1.29 is 18.3 Å². The molecule has 0 spiro atoms. The number of phenols is 1. The molecule has 0 amide bonds. The SMILES string of the molecule is Cl.N[C@@H](CC(F)F)c1ccc(O)cc1F. The maximum Gasteiger partial charge on any atom is 0.240 e. The van der Waals surface area contributed by atoms with Crippen molar-refractivity contribution in [3.8, 4) is 5.75 Å². The minimum Gasteiger partial charge on any atom is -0.508 e. The first kappa shape index (κ1) is 14.1. The van der Waals surface area contributed by atoms with E-state index in [2.05, 4.69) is 0 Å². The lowest BCUT2D eigenvalue weighted by Crippen LogP contribution is -2.15. The van der Waals surface area contributed by atoms with E-state index >= 15 is 0 Å². The van der Waals surface area contributed by atoms with E-state index in [0.717, 1.165) is 6.07 Å². The summed E-state index contributed by atoms with van der Waals surface area (Å²) >= 11 is 0. The largest absolute Gasteiger partial charge is 0.508 e. The van der Waals surface area contributed by atoms with Crippen LogP contribution >= 0.6 is 12.4 Å².